The minimum absolute atomic E-state index is 0.130. The van der Waals surface area contributed by atoms with Gasteiger partial charge in [0.25, 0.3) is 0 Å². The van der Waals surface area contributed by atoms with Crippen molar-refractivity contribution in [3.8, 4) is 0 Å². The summed E-state index contributed by atoms with van der Waals surface area (Å²) in [6, 6.07) is 3.15. The van der Waals surface area contributed by atoms with Gasteiger partial charge in [-0.3, -0.25) is 0 Å². The highest BCUT2D eigenvalue weighted by Gasteiger charge is 2.11. The van der Waals surface area contributed by atoms with Crippen molar-refractivity contribution >= 4 is 27.5 Å². The number of ether oxygens (including phenoxy) is 1. The first-order chi connectivity index (χ1) is 8.79. The van der Waals surface area contributed by atoms with E-state index in [0.29, 0.717) is 25.5 Å². The molecule has 108 valence electrons. The van der Waals surface area contributed by atoms with E-state index in [9.17, 15) is 13.2 Å². The number of hydrogen-bond donors (Lipinski definition) is 2. The van der Waals surface area contributed by atoms with E-state index in [-0.39, 0.29) is 4.21 Å². The number of nitrogens with two attached hydrogens (primary N) is 1. The molecule has 0 aromatic carbocycles. The molecule has 8 heteroatoms. The van der Waals surface area contributed by atoms with E-state index >= 15 is 0 Å². The molecule has 0 unspecified atom stereocenters. The Morgan fingerprint density at radius 2 is 2.16 bits per heavy atom. The number of carbonyl (C=O) groups is 1. The smallest absolute Gasteiger partial charge is 0.407 e. The van der Waals surface area contributed by atoms with Gasteiger partial charge in [0.2, 0.25) is 10.0 Å². The maximum Gasteiger partial charge on any atom is 0.407 e. The molecule has 0 spiro atoms. The minimum Gasteiger partial charge on any atom is -0.449 e. The predicted octanol–water partition coefficient (Wildman–Crippen LogP) is 1.32. The Bertz CT molecular complexity index is 523. The van der Waals surface area contributed by atoms with Gasteiger partial charge in [0.1, 0.15) is 4.21 Å². The third-order valence-electron chi connectivity index (χ3n) is 2.11. The molecule has 0 bridgehead atoms. The summed E-state index contributed by atoms with van der Waals surface area (Å²) in [5.41, 5.74) is 0. The van der Waals surface area contributed by atoms with Gasteiger partial charge in [0.05, 0.1) is 6.61 Å². The molecule has 1 amide bonds. The molecular weight excluding hydrogens is 288 g/mol. The normalized spacial score (nSPS) is 11.6. The third-order valence-corrected chi connectivity index (χ3v) is 4.69. The third kappa shape index (κ3) is 6.04. The lowest BCUT2D eigenvalue weighted by Gasteiger charge is -2.08. The molecule has 1 rings (SSSR count). The quantitative estimate of drug-likeness (QED) is 0.828. The summed E-state index contributed by atoms with van der Waals surface area (Å²) < 4.78 is 27.2. The van der Waals surface area contributed by atoms with Crippen molar-refractivity contribution in [1.82, 2.24) is 5.32 Å². The maximum absolute atomic E-state index is 11.3. The molecule has 3 N–H and O–H groups in total. The van der Waals surface area contributed by atoms with E-state index in [1.807, 2.05) is 13.8 Å². The number of nitrogens with one attached hydrogen (secondary N) is 1. The van der Waals surface area contributed by atoms with E-state index in [4.69, 9.17) is 9.88 Å². The van der Waals surface area contributed by atoms with Gasteiger partial charge >= 0.3 is 6.09 Å². The number of carbonyl (C=O) groups excluding carboxylic acids is 1. The van der Waals surface area contributed by atoms with Crippen LogP contribution in [0.3, 0.4) is 0 Å². The van der Waals surface area contributed by atoms with Gasteiger partial charge in [-0.15, -0.1) is 11.3 Å². The first kappa shape index (κ1) is 15.9. The number of hydrogen-bond acceptors (Lipinski definition) is 5. The van der Waals surface area contributed by atoms with Crippen LogP contribution < -0.4 is 10.5 Å². The van der Waals surface area contributed by atoms with Crippen LogP contribution in [0.5, 0.6) is 0 Å². The molecule has 19 heavy (non-hydrogen) atoms. The monoisotopic (exact) mass is 306 g/mol. The van der Waals surface area contributed by atoms with Crippen LogP contribution in [0.1, 0.15) is 18.7 Å². The Balaban J connectivity index is 2.34. The van der Waals surface area contributed by atoms with Crippen molar-refractivity contribution in [1.29, 1.82) is 0 Å². The summed E-state index contributed by atoms with van der Waals surface area (Å²) in [6.07, 6.45) is 0.0775. The lowest BCUT2D eigenvalue weighted by atomic mass is 10.2. The van der Waals surface area contributed by atoms with Crippen LogP contribution in [0.4, 0.5) is 4.79 Å². The predicted molar refractivity (Wildman–Crippen MR) is 73.6 cm³/mol. The zero-order chi connectivity index (χ0) is 14.5. The molecule has 0 saturated carbocycles. The van der Waals surface area contributed by atoms with Crippen LogP contribution in [0, 0.1) is 5.92 Å². The van der Waals surface area contributed by atoms with Crippen LogP contribution in [-0.2, 0) is 21.2 Å². The highest BCUT2D eigenvalue weighted by atomic mass is 32.2. The summed E-state index contributed by atoms with van der Waals surface area (Å²) >= 11 is 1.10. The summed E-state index contributed by atoms with van der Waals surface area (Å²) in [7, 11) is -3.64. The van der Waals surface area contributed by atoms with Crippen molar-refractivity contribution in [2.24, 2.45) is 11.1 Å². The second-order valence-electron chi connectivity index (χ2n) is 4.43. The molecule has 1 aromatic heterocycles. The first-order valence-electron chi connectivity index (χ1n) is 5.81. The molecule has 0 aliphatic heterocycles. The fourth-order valence-corrected chi connectivity index (χ4v) is 3.00. The molecule has 6 nitrogen and oxygen atoms in total. The van der Waals surface area contributed by atoms with E-state index in [1.54, 1.807) is 6.07 Å². The average molecular weight is 306 g/mol. The van der Waals surface area contributed by atoms with Crippen LogP contribution >= 0.6 is 11.3 Å². The first-order valence-corrected chi connectivity index (χ1v) is 8.17. The van der Waals surface area contributed by atoms with Crippen LogP contribution in [-0.4, -0.2) is 27.7 Å². The Morgan fingerprint density at radius 3 is 2.68 bits per heavy atom. The molecular formula is C11H18N2O4S2. The summed E-state index contributed by atoms with van der Waals surface area (Å²) in [5, 5.41) is 7.61. The number of sulfonamides is 1. The molecule has 0 saturated heterocycles. The Labute approximate surface area is 117 Å². The molecule has 1 heterocycles. The summed E-state index contributed by atoms with van der Waals surface area (Å²) in [6.45, 7) is 4.67. The Kier molecular flexibility index (Phi) is 5.77. The molecule has 0 radical (unpaired) electrons. The maximum atomic E-state index is 11.3. The van der Waals surface area contributed by atoms with Gasteiger partial charge < -0.3 is 10.1 Å². The number of rotatable bonds is 6. The molecule has 0 aliphatic rings. The van der Waals surface area contributed by atoms with Gasteiger partial charge in [0, 0.05) is 11.4 Å². The topological polar surface area (TPSA) is 98.5 Å². The summed E-state index contributed by atoms with van der Waals surface area (Å²) in [5.74, 6) is 0.292. The van der Waals surface area contributed by atoms with Gasteiger partial charge in [-0.1, -0.05) is 13.8 Å². The van der Waals surface area contributed by atoms with Crippen LogP contribution in [0.2, 0.25) is 0 Å². The second-order valence-corrected chi connectivity index (χ2v) is 7.39. The second kappa shape index (κ2) is 6.88. The average Bonchev–Trinajstić information content (AvgIpc) is 2.74. The zero-order valence-electron chi connectivity index (χ0n) is 10.9. The van der Waals surface area contributed by atoms with E-state index in [0.717, 1.165) is 16.2 Å². The fourth-order valence-electron chi connectivity index (χ4n) is 1.23. The van der Waals surface area contributed by atoms with Crippen molar-refractivity contribution in [3.63, 3.8) is 0 Å². The van der Waals surface area contributed by atoms with E-state index in [1.165, 1.54) is 6.07 Å². The number of primary sulfonamides is 1. The van der Waals surface area contributed by atoms with Crippen molar-refractivity contribution < 1.29 is 17.9 Å². The number of thiophene rings is 1. The van der Waals surface area contributed by atoms with E-state index < -0.39 is 16.1 Å². The number of alkyl carbamates (subject to hydrolysis) is 1. The van der Waals surface area contributed by atoms with Gasteiger partial charge in [0.15, 0.2) is 0 Å². The van der Waals surface area contributed by atoms with Gasteiger partial charge in [-0.05, 0) is 24.5 Å². The standard InChI is InChI=1S/C11H18N2O4S2/c1-8(2)7-17-11(14)13-6-5-9-3-4-10(18-9)19(12,15)16/h3-4,8H,5-7H2,1-2H3,(H,13,14)(H2,12,15,16). The van der Waals surface area contributed by atoms with Crippen molar-refractivity contribution in [2.75, 3.05) is 13.2 Å². The SMILES string of the molecule is CC(C)COC(=O)NCCc1ccc(S(N)(=O)=O)s1. The zero-order valence-corrected chi connectivity index (χ0v) is 12.5. The number of amides is 1. The fraction of sp³-hybridized carbons (Fsp3) is 0.545. The van der Waals surface area contributed by atoms with Crippen molar-refractivity contribution in [2.45, 2.75) is 24.5 Å². The highest BCUT2D eigenvalue weighted by Crippen LogP contribution is 2.20. The Morgan fingerprint density at radius 1 is 1.47 bits per heavy atom. The lowest BCUT2D eigenvalue weighted by molar-refractivity contribution is 0.133. The Hall–Kier alpha value is -1.12. The van der Waals surface area contributed by atoms with E-state index in [2.05, 4.69) is 5.32 Å². The molecule has 0 fully saturated rings. The van der Waals surface area contributed by atoms with Crippen molar-refractivity contribution in [3.05, 3.63) is 17.0 Å². The van der Waals surface area contributed by atoms with Gasteiger partial charge in [-0.2, -0.15) is 0 Å². The molecule has 1 aromatic rings. The molecule has 0 atom stereocenters. The van der Waals surface area contributed by atoms with Crippen LogP contribution in [0.15, 0.2) is 16.3 Å². The minimum atomic E-state index is -3.64. The largest absolute Gasteiger partial charge is 0.449 e. The highest BCUT2D eigenvalue weighted by molar-refractivity contribution is 7.91. The van der Waals surface area contributed by atoms with Crippen LogP contribution in [0.25, 0.3) is 0 Å². The lowest BCUT2D eigenvalue weighted by Crippen LogP contribution is -2.27. The molecule has 0 aliphatic carbocycles. The summed E-state index contributed by atoms with van der Waals surface area (Å²) in [4.78, 5) is 12.1. The van der Waals surface area contributed by atoms with Gasteiger partial charge in [-0.25, -0.2) is 18.4 Å².